The van der Waals surface area contributed by atoms with Crippen molar-refractivity contribution < 1.29 is 9.84 Å². The Morgan fingerprint density at radius 1 is 1.11 bits per heavy atom. The molecule has 0 spiro atoms. The molecule has 5 aromatic rings. The van der Waals surface area contributed by atoms with E-state index < -0.39 is 6.10 Å². The number of pyridine rings is 3. The number of nitrogens with zero attached hydrogens (tertiary/aromatic N) is 5. The van der Waals surface area contributed by atoms with Crippen LogP contribution >= 0.6 is 11.6 Å². The average Bonchev–Trinajstić information content (AvgIpc) is 3.29. The molecule has 9 heteroatoms. The number of para-hydroxylation sites is 1. The zero-order valence-corrected chi connectivity index (χ0v) is 20.8. The van der Waals surface area contributed by atoms with Gasteiger partial charge in [0.05, 0.1) is 16.3 Å². The van der Waals surface area contributed by atoms with Gasteiger partial charge in [0.1, 0.15) is 24.0 Å². The number of aryl methyl sites for hydroxylation is 3. The topological polar surface area (TPSA) is 95.1 Å². The number of halogens is 1. The van der Waals surface area contributed by atoms with Gasteiger partial charge in [0, 0.05) is 66.7 Å². The van der Waals surface area contributed by atoms with Crippen molar-refractivity contribution in [3.63, 3.8) is 0 Å². The highest BCUT2D eigenvalue weighted by atomic mass is 35.5. The molecule has 1 unspecified atom stereocenters. The Morgan fingerprint density at radius 2 is 1.94 bits per heavy atom. The van der Waals surface area contributed by atoms with E-state index >= 15 is 0 Å². The van der Waals surface area contributed by atoms with Gasteiger partial charge < -0.3 is 14.4 Å². The van der Waals surface area contributed by atoms with Gasteiger partial charge in [0.15, 0.2) is 0 Å². The van der Waals surface area contributed by atoms with Crippen molar-refractivity contribution in [3.8, 4) is 17.0 Å². The van der Waals surface area contributed by atoms with Crippen LogP contribution in [0.5, 0.6) is 5.75 Å². The number of rotatable bonds is 6. The van der Waals surface area contributed by atoms with Crippen LogP contribution in [0.2, 0.25) is 5.02 Å². The summed E-state index contributed by atoms with van der Waals surface area (Å²) in [4.78, 5) is 21.5. The third-order valence-corrected chi connectivity index (χ3v) is 6.51. The second-order valence-electron chi connectivity index (χ2n) is 8.56. The van der Waals surface area contributed by atoms with E-state index in [-0.39, 0.29) is 17.7 Å². The van der Waals surface area contributed by atoms with Crippen LogP contribution in [-0.2, 0) is 20.7 Å². The van der Waals surface area contributed by atoms with E-state index in [9.17, 15) is 9.90 Å². The quantitative estimate of drug-likeness (QED) is 0.371. The van der Waals surface area contributed by atoms with Crippen LogP contribution < -0.4 is 10.3 Å². The minimum Gasteiger partial charge on any atom is -0.487 e. The molecule has 36 heavy (non-hydrogen) atoms. The van der Waals surface area contributed by atoms with Crippen LogP contribution in [0.3, 0.4) is 0 Å². The second kappa shape index (κ2) is 9.56. The van der Waals surface area contributed by atoms with Gasteiger partial charge in [-0.15, -0.1) is 0 Å². The summed E-state index contributed by atoms with van der Waals surface area (Å²) in [5.41, 5.74) is 4.40. The van der Waals surface area contributed by atoms with Crippen molar-refractivity contribution in [2.24, 2.45) is 14.1 Å². The Morgan fingerprint density at radius 3 is 2.72 bits per heavy atom. The summed E-state index contributed by atoms with van der Waals surface area (Å²) in [6, 6.07) is 13.0. The van der Waals surface area contributed by atoms with E-state index in [4.69, 9.17) is 21.3 Å². The third kappa shape index (κ3) is 4.25. The molecular formula is C27H24ClN5O3. The van der Waals surface area contributed by atoms with Crippen LogP contribution in [0.25, 0.3) is 22.2 Å². The van der Waals surface area contributed by atoms with Crippen molar-refractivity contribution in [1.29, 1.82) is 0 Å². The monoisotopic (exact) mass is 501 g/mol. The van der Waals surface area contributed by atoms with E-state index in [2.05, 4.69) is 10.1 Å². The Balaban J connectivity index is 1.54. The van der Waals surface area contributed by atoms with Crippen LogP contribution in [0, 0.1) is 6.92 Å². The summed E-state index contributed by atoms with van der Waals surface area (Å²) < 4.78 is 9.47. The molecule has 0 aliphatic heterocycles. The number of aliphatic hydroxyl groups is 1. The second-order valence-corrected chi connectivity index (χ2v) is 8.97. The predicted molar refractivity (Wildman–Crippen MR) is 138 cm³/mol. The van der Waals surface area contributed by atoms with Crippen molar-refractivity contribution in [3.05, 3.63) is 105 Å². The number of fused-ring (bicyclic) bond motifs is 1. The fraction of sp³-hybridized carbons (Fsp3) is 0.185. The van der Waals surface area contributed by atoms with Gasteiger partial charge >= 0.3 is 0 Å². The molecule has 1 N–H and O–H groups in total. The Hall–Kier alpha value is -4.01. The molecule has 182 valence electrons. The van der Waals surface area contributed by atoms with E-state index in [1.807, 2.05) is 49.0 Å². The van der Waals surface area contributed by atoms with Crippen LogP contribution in [-0.4, -0.2) is 29.4 Å². The number of hydrogen-bond acceptors (Lipinski definition) is 6. The first-order valence-corrected chi connectivity index (χ1v) is 11.7. The highest BCUT2D eigenvalue weighted by Gasteiger charge is 2.21. The summed E-state index contributed by atoms with van der Waals surface area (Å²) >= 11 is 6.49. The lowest BCUT2D eigenvalue weighted by Gasteiger charge is -2.18. The zero-order valence-electron chi connectivity index (χ0n) is 20.0. The summed E-state index contributed by atoms with van der Waals surface area (Å²) in [6.07, 6.45) is 5.18. The number of aliphatic hydroxyl groups excluding tert-OH is 1. The van der Waals surface area contributed by atoms with Gasteiger partial charge in [-0.1, -0.05) is 23.7 Å². The summed E-state index contributed by atoms with van der Waals surface area (Å²) in [5.74, 6) is 0.573. The number of aromatic nitrogens is 5. The van der Waals surface area contributed by atoms with Gasteiger partial charge in [-0.05, 0) is 37.3 Å². The van der Waals surface area contributed by atoms with E-state index in [0.717, 1.165) is 22.3 Å². The maximum atomic E-state index is 12.6. The largest absolute Gasteiger partial charge is 0.487 e. The van der Waals surface area contributed by atoms with E-state index in [1.54, 1.807) is 31.6 Å². The normalized spacial score (nSPS) is 12.1. The van der Waals surface area contributed by atoms with Crippen LogP contribution in [0.1, 0.15) is 28.5 Å². The Labute approximate surface area is 212 Å². The molecule has 0 radical (unpaired) electrons. The smallest absolute Gasteiger partial charge is 0.256 e. The first-order chi connectivity index (χ1) is 17.3. The number of ether oxygens (including phenoxy) is 1. The fourth-order valence-corrected chi connectivity index (χ4v) is 4.55. The highest BCUT2D eigenvalue weighted by molar-refractivity contribution is 6.31. The molecule has 0 aliphatic carbocycles. The van der Waals surface area contributed by atoms with E-state index in [1.165, 1.54) is 17.0 Å². The molecule has 0 aliphatic rings. The standard InChI is InChI=1S/C27H24ClN5O3/c1-16-12-19(23-9-10-30-33(23)3)17-6-4-8-24(25(17)31-16)36-15-21-20(13-29-14-22(21)28)26(34)18-7-5-11-32(2)27(18)35/h4-14,26,34H,15H2,1-3H3. The summed E-state index contributed by atoms with van der Waals surface area (Å²) in [5, 5.41) is 16.6. The van der Waals surface area contributed by atoms with Crippen molar-refractivity contribution in [2.75, 3.05) is 0 Å². The lowest BCUT2D eigenvalue weighted by Crippen LogP contribution is -2.23. The first kappa shape index (κ1) is 23.7. The molecule has 0 saturated heterocycles. The molecule has 0 bridgehead atoms. The third-order valence-electron chi connectivity index (χ3n) is 6.18. The molecule has 1 aromatic carbocycles. The van der Waals surface area contributed by atoms with Gasteiger partial charge in [-0.3, -0.25) is 14.5 Å². The van der Waals surface area contributed by atoms with Gasteiger partial charge in [0.25, 0.3) is 5.56 Å². The average molecular weight is 502 g/mol. The Bertz CT molecular complexity index is 1640. The molecule has 5 rings (SSSR count). The Kier molecular flexibility index (Phi) is 6.30. The first-order valence-electron chi connectivity index (χ1n) is 11.3. The van der Waals surface area contributed by atoms with Gasteiger partial charge in [0.2, 0.25) is 0 Å². The molecule has 0 saturated carbocycles. The van der Waals surface area contributed by atoms with Crippen LogP contribution in [0.15, 0.2) is 72.0 Å². The SMILES string of the molecule is Cc1cc(-c2ccnn2C)c2cccc(OCc3c(Cl)cncc3C(O)c3cccn(C)c3=O)c2n1. The minimum atomic E-state index is -1.21. The predicted octanol–water partition coefficient (Wildman–Crippen LogP) is 4.35. The molecule has 0 fully saturated rings. The summed E-state index contributed by atoms with van der Waals surface area (Å²) in [6.45, 7) is 1.99. The highest BCUT2D eigenvalue weighted by Crippen LogP contribution is 2.34. The van der Waals surface area contributed by atoms with Crippen molar-refractivity contribution >= 4 is 22.5 Å². The number of hydrogen-bond donors (Lipinski definition) is 1. The molecule has 1 atom stereocenters. The van der Waals surface area contributed by atoms with Gasteiger partial charge in [-0.25, -0.2) is 4.98 Å². The molecule has 8 nitrogen and oxygen atoms in total. The fourth-order valence-electron chi connectivity index (χ4n) is 4.33. The van der Waals surface area contributed by atoms with Gasteiger partial charge in [-0.2, -0.15) is 5.10 Å². The zero-order chi connectivity index (χ0) is 25.4. The lowest BCUT2D eigenvalue weighted by molar-refractivity contribution is 0.212. The molecular weight excluding hydrogens is 478 g/mol. The van der Waals surface area contributed by atoms with Crippen molar-refractivity contribution in [1.82, 2.24) is 24.3 Å². The maximum absolute atomic E-state index is 12.6. The summed E-state index contributed by atoms with van der Waals surface area (Å²) in [7, 11) is 3.53. The van der Waals surface area contributed by atoms with Crippen molar-refractivity contribution in [2.45, 2.75) is 19.6 Å². The number of benzene rings is 1. The lowest BCUT2D eigenvalue weighted by atomic mass is 10.00. The molecule has 4 aromatic heterocycles. The van der Waals surface area contributed by atoms with E-state index in [0.29, 0.717) is 27.4 Å². The van der Waals surface area contributed by atoms with Crippen LogP contribution in [0.4, 0.5) is 0 Å². The molecule has 0 amide bonds. The maximum Gasteiger partial charge on any atom is 0.256 e. The minimum absolute atomic E-state index is 0.0523. The molecule has 4 heterocycles.